The summed E-state index contributed by atoms with van der Waals surface area (Å²) < 4.78 is 0. The van der Waals surface area contributed by atoms with Crippen LogP contribution in [-0.2, 0) is 0 Å². The molecule has 0 aliphatic heterocycles. The van der Waals surface area contributed by atoms with E-state index >= 15 is 0 Å². The predicted octanol–water partition coefficient (Wildman–Crippen LogP) is 4.95. The van der Waals surface area contributed by atoms with Gasteiger partial charge in [-0.2, -0.15) is 0 Å². The number of aliphatic hydroxyl groups excluding tert-OH is 2. The Hall–Kier alpha value is -0.380. The third-order valence-electron chi connectivity index (χ3n) is 3.80. The third-order valence-corrected chi connectivity index (χ3v) is 3.80. The molecule has 0 aliphatic carbocycles. The molecule has 140 valence electrons. The van der Waals surface area contributed by atoms with E-state index in [9.17, 15) is 0 Å². The number of hydrogen-bond donors (Lipinski definition) is 3. The molecule has 0 heterocycles. The van der Waals surface area contributed by atoms with Crippen molar-refractivity contribution in [3.05, 3.63) is 12.2 Å². The lowest BCUT2D eigenvalue weighted by Crippen LogP contribution is -2.02. The van der Waals surface area contributed by atoms with E-state index in [0.29, 0.717) is 13.2 Å². The van der Waals surface area contributed by atoms with Crippen molar-refractivity contribution in [3.63, 3.8) is 0 Å². The second-order valence-electron chi connectivity index (χ2n) is 6.17. The fraction of sp³-hybridized carbons (Fsp3) is 0.900. The zero-order chi connectivity index (χ0) is 17.4. The van der Waals surface area contributed by atoms with Gasteiger partial charge in [-0.3, -0.25) is 0 Å². The maximum absolute atomic E-state index is 8.66. The van der Waals surface area contributed by atoms with Crippen molar-refractivity contribution in [2.45, 2.75) is 96.8 Å². The molecule has 4 N–H and O–H groups in total. The highest BCUT2D eigenvalue weighted by Gasteiger charge is 1.90. The highest BCUT2D eigenvalue weighted by Crippen LogP contribution is 2.09. The van der Waals surface area contributed by atoms with Crippen molar-refractivity contribution in [2.24, 2.45) is 5.73 Å². The van der Waals surface area contributed by atoms with Gasteiger partial charge < -0.3 is 15.9 Å². The first-order valence-electron chi connectivity index (χ1n) is 9.90. The maximum atomic E-state index is 8.66. The number of nitrogens with two attached hydrogens (primary N) is 1. The molecule has 23 heavy (non-hydrogen) atoms. The van der Waals surface area contributed by atoms with Gasteiger partial charge in [0, 0.05) is 13.2 Å². The number of allylic oxidation sites excluding steroid dienone is 2. The monoisotopic (exact) mass is 329 g/mol. The SMILES string of the molecule is CCCCCCCC/C=C\CCCCCCCCO.NCCO. The summed E-state index contributed by atoms with van der Waals surface area (Å²) in [6, 6.07) is 0. The van der Waals surface area contributed by atoms with Gasteiger partial charge >= 0.3 is 0 Å². The maximum Gasteiger partial charge on any atom is 0.0553 e. The fourth-order valence-electron chi connectivity index (χ4n) is 2.36. The average Bonchev–Trinajstić information content (AvgIpc) is 2.58. The molecule has 3 nitrogen and oxygen atoms in total. The molecule has 0 aliphatic rings. The summed E-state index contributed by atoms with van der Waals surface area (Å²) in [5.41, 5.74) is 4.78. The van der Waals surface area contributed by atoms with Gasteiger partial charge in [-0.15, -0.1) is 0 Å². The summed E-state index contributed by atoms with van der Waals surface area (Å²) in [7, 11) is 0. The second-order valence-corrected chi connectivity index (χ2v) is 6.17. The number of hydrogen-bond acceptors (Lipinski definition) is 3. The standard InChI is InChI=1S/C18H36O.C2H7NO/c1-2-3-4-5-6-7-8-9-10-11-12-13-14-15-16-17-18-19;3-1-2-4/h9-10,19H,2-8,11-18H2,1H3;4H,1-3H2/b10-9-;. The molecular weight excluding hydrogens is 286 g/mol. The quantitative estimate of drug-likeness (QED) is 0.277. The Morgan fingerprint density at radius 1 is 0.609 bits per heavy atom. The van der Waals surface area contributed by atoms with Crippen LogP contribution in [0.3, 0.4) is 0 Å². The molecule has 0 rings (SSSR count). The lowest BCUT2D eigenvalue weighted by Gasteiger charge is -1.99. The lowest BCUT2D eigenvalue weighted by molar-refractivity contribution is 0.282. The number of unbranched alkanes of at least 4 members (excludes halogenated alkanes) is 12. The van der Waals surface area contributed by atoms with Crippen LogP contribution in [-0.4, -0.2) is 30.0 Å². The van der Waals surface area contributed by atoms with Crippen LogP contribution in [0.25, 0.3) is 0 Å². The average molecular weight is 330 g/mol. The Kier molecular flexibility index (Phi) is 28.7. The molecule has 0 aromatic heterocycles. The van der Waals surface area contributed by atoms with Crippen LogP contribution in [0.15, 0.2) is 12.2 Å². The largest absolute Gasteiger partial charge is 0.396 e. The lowest BCUT2D eigenvalue weighted by atomic mass is 10.1. The van der Waals surface area contributed by atoms with Crippen molar-refractivity contribution >= 4 is 0 Å². The van der Waals surface area contributed by atoms with Gasteiger partial charge in [0.15, 0.2) is 0 Å². The molecule has 0 bridgehead atoms. The van der Waals surface area contributed by atoms with E-state index in [0.717, 1.165) is 6.42 Å². The van der Waals surface area contributed by atoms with Crippen molar-refractivity contribution < 1.29 is 10.2 Å². The molecule has 0 unspecified atom stereocenters. The van der Waals surface area contributed by atoms with E-state index in [-0.39, 0.29) is 6.61 Å². The molecule has 0 atom stereocenters. The van der Waals surface area contributed by atoms with Crippen molar-refractivity contribution in [1.29, 1.82) is 0 Å². The minimum Gasteiger partial charge on any atom is -0.396 e. The highest BCUT2D eigenvalue weighted by molar-refractivity contribution is 4.81. The second kappa shape index (κ2) is 26.5. The summed E-state index contributed by atoms with van der Waals surface area (Å²) >= 11 is 0. The molecule has 0 aromatic rings. The van der Waals surface area contributed by atoms with E-state index in [1.807, 2.05) is 0 Å². The summed E-state index contributed by atoms with van der Waals surface area (Å²) in [4.78, 5) is 0. The molecule has 0 radical (unpaired) electrons. The van der Waals surface area contributed by atoms with Gasteiger partial charge in [0.2, 0.25) is 0 Å². The summed E-state index contributed by atoms with van der Waals surface area (Å²) in [6.07, 6.45) is 23.2. The van der Waals surface area contributed by atoms with Crippen molar-refractivity contribution in [1.82, 2.24) is 0 Å². The third kappa shape index (κ3) is 30.1. The molecular formula is C20H43NO2. The molecule has 0 aromatic carbocycles. The zero-order valence-electron chi connectivity index (χ0n) is 15.6. The minimum atomic E-state index is 0.0972. The van der Waals surface area contributed by atoms with E-state index in [1.165, 1.54) is 83.5 Å². The topological polar surface area (TPSA) is 66.5 Å². The van der Waals surface area contributed by atoms with Gasteiger partial charge in [-0.05, 0) is 32.1 Å². The fourth-order valence-corrected chi connectivity index (χ4v) is 2.36. The van der Waals surface area contributed by atoms with Crippen molar-refractivity contribution in [2.75, 3.05) is 19.8 Å². The molecule has 0 saturated heterocycles. The Bertz CT molecular complexity index is 206. The van der Waals surface area contributed by atoms with E-state index in [4.69, 9.17) is 15.9 Å². The van der Waals surface area contributed by atoms with Crippen LogP contribution in [0.2, 0.25) is 0 Å². The molecule has 0 fully saturated rings. The Balaban J connectivity index is 0. The molecule has 3 heteroatoms. The summed E-state index contributed by atoms with van der Waals surface area (Å²) in [6.45, 7) is 3.11. The molecule has 0 spiro atoms. The first-order valence-corrected chi connectivity index (χ1v) is 9.90. The summed E-state index contributed by atoms with van der Waals surface area (Å²) in [5, 5.41) is 16.4. The van der Waals surface area contributed by atoms with Gasteiger partial charge in [-0.25, -0.2) is 0 Å². The normalized spacial score (nSPS) is 10.8. The van der Waals surface area contributed by atoms with Gasteiger partial charge in [0.25, 0.3) is 0 Å². The van der Waals surface area contributed by atoms with E-state index in [1.54, 1.807) is 0 Å². The van der Waals surface area contributed by atoms with Gasteiger partial charge in [0.05, 0.1) is 6.61 Å². The smallest absolute Gasteiger partial charge is 0.0553 e. The minimum absolute atomic E-state index is 0.0972. The van der Waals surface area contributed by atoms with Crippen LogP contribution in [0, 0.1) is 0 Å². The Morgan fingerprint density at radius 3 is 1.39 bits per heavy atom. The van der Waals surface area contributed by atoms with Gasteiger partial charge in [0.1, 0.15) is 0 Å². The predicted molar refractivity (Wildman–Crippen MR) is 103 cm³/mol. The van der Waals surface area contributed by atoms with Crippen LogP contribution in [0.5, 0.6) is 0 Å². The van der Waals surface area contributed by atoms with Crippen LogP contribution >= 0.6 is 0 Å². The van der Waals surface area contributed by atoms with Crippen LogP contribution in [0.1, 0.15) is 96.8 Å². The first kappa shape index (κ1) is 24.9. The Labute approximate surface area is 145 Å². The highest BCUT2D eigenvalue weighted by atomic mass is 16.3. The van der Waals surface area contributed by atoms with Crippen molar-refractivity contribution in [3.8, 4) is 0 Å². The Morgan fingerprint density at radius 2 is 1.00 bits per heavy atom. The zero-order valence-corrected chi connectivity index (χ0v) is 15.6. The summed E-state index contributed by atoms with van der Waals surface area (Å²) in [5.74, 6) is 0. The van der Waals surface area contributed by atoms with E-state index < -0.39 is 0 Å². The molecule has 0 saturated carbocycles. The number of aliphatic hydroxyl groups is 2. The van der Waals surface area contributed by atoms with Crippen LogP contribution in [0.4, 0.5) is 0 Å². The first-order chi connectivity index (χ1) is 11.3. The number of rotatable bonds is 16. The molecule has 0 amide bonds. The van der Waals surface area contributed by atoms with Gasteiger partial charge in [-0.1, -0.05) is 76.9 Å². The van der Waals surface area contributed by atoms with E-state index in [2.05, 4.69) is 19.1 Å². The van der Waals surface area contributed by atoms with Crippen LogP contribution < -0.4 is 5.73 Å².